The molecule has 8 nitrogen and oxygen atoms in total. The molecule has 2 aliphatic rings. The van der Waals surface area contributed by atoms with Crippen LogP contribution in [0.3, 0.4) is 0 Å². The number of rotatable bonds is 9. The van der Waals surface area contributed by atoms with Gasteiger partial charge in [0, 0.05) is 43.9 Å². The zero-order valence-corrected chi connectivity index (χ0v) is 20.0. The highest BCUT2D eigenvalue weighted by atomic mass is 19.4. The number of nitrogens with one attached hydrogen (secondary N) is 1. The molecule has 200 valence electrons. The number of likely N-dealkylation sites (tertiary alicyclic amines) is 1. The van der Waals surface area contributed by atoms with E-state index in [9.17, 15) is 27.1 Å². The predicted molar refractivity (Wildman–Crippen MR) is 124 cm³/mol. The van der Waals surface area contributed by atoms with Crippen molar-refractivity contribution in [1.82, 2.24) is 14.9 Å². The SMILES string of the molecule is COc1cc2c(NC(O)C(F)(F)F)nc(N3CCC(F)(F)CC3)nc2cc1OCCCN1CCCC1. The van der Waals surface area contributed by atoms with Crippen LogP contribution in [-0.2, 0) is 0 Å². The first-order chi connectivity index (χ1) is 17.1. The number of benzene rings is 1. The molecule has 1 unspecified atom stereocenters. The van der Waals surface area contributed by atoms with Crippen molar-refractivity contribution in [3.05, 3.63) is 12.1 Å². The lowest BCUT2D eigenvalue weighted by molar-refractivity contribution is -0.194. The van der Waals surface area contributed by atoms with E-state index in [2.05, 4.69) is 14.9 Å². The maximum Gasteiger partial charge on any atom is 0.433 e. The second-order valence-electron chi connectivity index (χ2n) is 9.07. The Balaban J connectivity index is 1.62. The lowest BCUT2D eigenvalue weighted by Gasteiger charge is -2.32. The topological polar surface area (TPSA) is 83.0 Å². The molecule has 0 bridgehead atoms. The van der Waals surface area contributed by atoms with Crippen molar-refractivity contribution in [3.8, 4) is 11.5 Å². The van der Waals surface area contributed by atoms with E-state index < -0.39 is 31.2 Å². The highest BCUT2D eigenvalue weighted by molar-refractivity contribution is 5.93. The van der Waals surface area contributed by atoms with Gasteiger partial charge in [-0.1, -0.05) is 0 Å². The van der Waals surface area contributed by atoms with Crippen LogP contribution in [0, 0.1) is 0 Å². The summed E-state index contributed by atoms with van der Waals surface area (Å²) in [4.78, 5) is 12.4. The van der Waals surface area contributed by atoms with Gasteiger partial charge in [-0.15, -0.1) is 0 Å². The largest absolute Gasteiger partial charge is 0.493 e. The number of aliphatic hydroxyl groups excluding tert-OH is 1. The standard InChI is InChI=1S/C23H30F5N5O3/c1-35-17-13-15-16(14-18(17)36-12-4-9-32-7-2-3-8-32)29-21(33-10-5-22(24,25)6-11-33)31-19(15)30-20(34)23(26,27)28/h13-14,20,34H,2-12H2,1H3,(H,29,30,31). The van der Waals surface area contributed by atoms with Gasteiger partial charge in [-0.05, 0) is 38.4 Å². The highest BCUT2D eigenvalue weighted by Gasteiger charge is 2.39. The van der Waals surface area contributed by atoms with Gasteiger partial charge in [0.1, 0.15) is 5.82 Å². The molecule has 0 saturated carbocycles. The summed E-state index contributed by atoms with van der Waals surface area (Å²) in [6.07, 6.45) is -5.52. The number of methoxy groups -OCH3 is 1. The van der Waals surface area contributed by atoms with Crippen molar-refractivity contribution in [2.24, 2.45) is 0 Å². The Morgan fingerprint density at radius 1 is 1.08 bits per heavy atom. The summed E-state index contributed by atoms with van der Waals surface area (Å²) in [5.74, 6) is -2.51. The summed E-state index contributed by atoms with van der Waals surface area (Å²) in [7, 11) is 1.40. The molecule has 1 aromatic carbocycles. The van der Waals surface area contributed by atoms with Gasteiger partial charge in [0.05, 0.1) is 19.2 Å². The molecule has 1 atom stereocenters. The van der Waals surface area contributed by atoms with Gasteiger partial charge in [0.15, 0.2) is 11.5 Å². The van der Waals surface area contributed by atoms with Crippen LogP contribution >= 0.6 is 0 Å². The van der Waals surface area contributed by atoms with Crippen LogP contribution in [0.1, 0.15) is 32.1 Å². The summed E-state index contributed by atoms with van der Waals surface area (Å²) < 4.78 is 77.8. The monoisotopic (exact) mass is 519 g/mol. The molecule has 2 aromatic rings. The van der Waals surface area contributed by atoms with Crippen molar-refractivity contribution < 1.29 is 36.5 Å². The van der Waals surface area contributed by atoms with E-state index in [1.54, 1.807) is 0 Å². The molecule has 13 heteroatoms. The third-order valence-electron chi connectivity index (χ3n) is 6.41. The van der Waals surface area contributed by atoms with E-state index in [1.807, 2.05) is 5.32 Å². The maximum absolute atomic E-state index is 13.6. The zero-order valence-electron chi connectivity index (χ0n) is 20.0. The van der Waals surface area contributed by atoms with Gasteiger partial charge in [0.2, 0.25) is 12.2 Å². The van der Waals surface area contributed by atoms with Crippen molar-refractivity contribution >= 4 is 22.7 Å². The fourth-order valence-corrected chi connectivity index (χ4v) is 4.37. The molecule has 36 heavy (non-hydrogen) atoms. The molecule has 2 saturated heterocycles. The number of hydrogen-bond acceptors (Lipinski definition) is 8. The summed E-state index contributed by atoms with van der Waals surface area (Å²) in [6.45, 7) is 3.31. The summed E-state index contributed by atoms with van der Waals surface area (Å²) >= 11 is 0. The number of fused-ring (bicyclic) bond motifs is 1. The average Bonchev–Trinajstić information content (AvgIpc) is 3.34. The molecule has 4 rings (SSSR count). The molecule has 1 aromatic heterocycles. The zero-order chi connectivity index (χ0) is 25.9. The normalized spacial score (nSPS) is 19.5. The van der Waals surface area contributed by atoms with Gasteiger partial charge in [-0.3, -0.25) is 0 Å². The molecule has 2 aliphatic heterocycles. The van der Waals surface area contributed by atoms with E-state index in [4.69, 9.17) is 9.47 Å². The Kier molecular flexibility index (Phi) is 7.88. The second kappa shape index (κ2) is 10.8. The Labute approximate surface area is 205 Å². The quantitative estimate of drug-likeness (QED) is 0.292. The minimum atomic E-state index is -4.95. The number of aliphatic hydroxyl groups is 1. The molecule has 0 spiro atoms. The number of nitrogens with zero attached hydrogens (tertiary/aromatic N) is 4. The summed E-state index contributed by atoms with van der Waals surface area (Å²) in [6, 6.07) is 2.96. The summed E-state index contributed by atoms with van der Waals surface area (Å²) in [5.41, 5.74) is 0.226. The minimum absolute atomic E-state index is 0.0139. The molecule has 0 radical (unpaired) electrons. The molecule has 3 heterocycles. The molecule has 2 fully saturated rings. The number of halogens is 5. The minimum Gasteiger partial charge on any atom is -0.493 e. The first-order valence-electron chi connectivity index (χ1n) is 11.9. The van der Waals surface area contributed by atoms with Crippen LogP contribution in [-0.4, -0.2) is 84.7 Å². The van der Waals surface area contributed by atoms with Gasteiger partial charge in [0.25, 0.3) is 5.92 Å². The van der Waals surface area contributed by atoms with Crippen LogP contribution in [0.5, 0.6) is 11.5 Å². The second-order valence-corrected chi connectivity index (χ2v) is 9.07. The van der Waals surface area contributed by atoms with E-state index >= 15 is 0 Å². The lowest BCUT2D eigenvalue weighted by Crippen LogP contribution is -2.40. The van der Waals surface area contributed by atoms with E-state index in [0.29, 0.717) is 12.4 Å². The van der Waals surface area contributed by atoms with Gasteiger partial charge in [-0.25, -0.2) is 13.8 Å². The van der Waals surface area contributed by atoms with Gasteiger partial charge in [-0.2, -0.15) is 18.2 Å². The first-order valence-corrected chi connectivity index (χ1v) is 11.9. The van der Waals surface area contributed by atoms with Crippen LogP contribution < -0.4 is 19.7 Å². The molecule has 2 N–H and O–H groups in total. The predicted octanol–water partition coefficient (Wildman–Crippen LogP) is 4.03. The molecule has 0 amide bonds. The fourth-order valence-electron chi connectivity index (χ4n) is 4.37. The van der Waals surface area contributed by atoms with Crippen molar-refractivity contribution in [2.75, 3.05) is 56.7 Å². The number of piperidine rings is 1. The number of anilines is 2. The summed E-state index contributed by atoms with van der Waals surface area (Å²) in [5, 5.41) is 11.7. The number of aromatic nitrogens is 2. The smallest absolute Gasteiger partial charge is 0.433 e. The van der Waals surface area contributed by atoms with E-state index in [-0.39, 0.29) is 41.5 Å². The number of hydrogen-bond donors (Lipinski definition) is 2. The Morgan fingerprint density at radius 3 is 2.42 bits per heavy atom. The van der Waals surface area contributed by atoms with Crippen LogP contribution in [0.15, 0.2) is 12.1 Å². The third-order valence-corrected chi connectivity index (χ3v) is 6.41. The Bertz CT molecular complexity index is 1040. The average molecular weight is 520 g/mol. The molecular weight excluding hydrogens is 489 g/mol. The first kappa shape index (κ1) is 26.4. The number of ether oxygens (including phenoxy) is 2. The Hall–Kier alpha value is -2.67. The van der Waals surface area contributed by atoms with Crippen LogP contribution in [0.25, 0.3) is 10.9 Å². The molecular formula is C23H30F5N5O3. The third kappa shape index (κ3) is 6.36. The lowest BCUT2D eigenvalue weighted by atomic mass is 10.1. The molecule has 0 aliphatic carbocycles. The highest BCUT2D eigenvalue weighted by Crippen LogP contribution is 2.37. The van der Waals surface area contributed by atoms with Crippen LogP contribution in [0.4, 0.5) is 33.7 Å². The van der Waals surface area contributed by atoms with Gasteiger partial charge < -0.3 is 29.7 Å². The van der Waals surface area contributed by atoms with E-state index in [0.717, 1.165) is 26.1 Å². The van der Waals surface area contributed by atoms with Crippen molar-refractivity contribution in [2.45, 2.75) is 50.4 Å². The maximum atomic E-state index is 13.6. The van der Waals surface area contributed by atoms with Crippen molar-refractivity contribution in [1.29, 1.82) is 0 Å². The van der Waals surface area contributed by atoms with Gasteiger partial charge >= 0.3 is 6.18 Å². The Morgan fingerprint density at radius 2 is 1.78 bits per heavy atom. The van der Waals surface area contributed by atoms with Crippen LogP contribution in [0.2, 0.25) is 0 Å². The number of alkyl halides is 5. The van der Waals surface area contributed by atoms with E-state index in [1.165, 1.54) is 37.0 Å². The fraction of sp³-hybridized carbons (Fsp3) is 0.652. The van der Waals surface area contributed by atoms with Crippen molar-refractivity contribution in [3.63, 3.8) is 0 Å².